The van der Waals surface area contributed by atoms with Crippen molar-refractivity contribution in [3.8, 4) is 0 Å². The normalized spacial score (nSPS) is 25.0. The van der Waals surface area contributed by atoms with Gasteiger partial charge >= 0.3 is 0 Å². The maximum Gasteiger partial charge on any atom is 0.240 e. The third-order valence-corrected chi connectivity index (χ3v) is 5.19. The molecule has 4 rings (SSSR count). The van der Waals surface area contributed by atoms with E-state index < -0.39 is 0 Å². The first-order valence-electron chi connectivity index (χ1n) is 8.59. The van der Waals surface area contributed by atoms with Crippen LogP contribution in [0, 0.1) is 0 Å². The summed E-state index contributed by atoms with van der Waals surface area (Å²) in [6.45, 7) is 3.79. The Bertz CT molecular complexity index is 756. The molecule has 0 radical (unpaired) electrons. The summed E-state index contributed by atoms with van der Waals surface area (Å²) in [5.74, 6) is 1.10. The van der Waals surface area contributed by atoms with E-state index in [-0.39, 0.29) is 18.1 Å². The van der Waals surface area contributed by atoms with Crippen molar-refractivity contribution in [1.82, 2.24) is 29.6 Å². The second-order valence-corrected chi connectivity index (χ2v) is 6.69. The molecule has 2 aliphatic heterocycles. The van der Waals surface area contributed by atoms with Gasteiger partial charge < -0.3 is 14.5 Å². The van der Waals surface area contributed by atoms with E-state index in [9.17, 15) is 4.79 Å². The number of anilines is 1. The zero-order valence-electron chi connectivity index (χ0n) is 14.6. The Labute approximate surface area is 146 Å². The molecule has 0 aliphatic carbocycles. The highest BCUT2D eigenvalue weighted by Gasteiger charge is 2.37. The molecular weight excluding hydrogens is 322 g/mol. The standard InChI is InChI=1S/C16H23N7O2/c1-20-10-12(25-2)9-13(20)16(24)22-7-5-21(6-8-22)15-4-3-14-18-17-11-23(14)19-15/h3-4,11-13H,5-10H2,1-2H3/t12-,13-/m0/s1. The van der Waals surface area contributed by atoms with Gasteiger partial charge in [0.05, 0.1) is 12.1 Å². The number of carbonyl (C=O) groups excluding carboxylic acids is 1. The fourth-order valence-electron chi connectivity index (χ4n) is 3.67. The SMILES string of the molecule is CO[C@H]1C[C@@H](C(=O)N2CCN(c3ccc4nncn4n3)CC2)N(C)C1. The van der Waals surface area contributed by atoms with E-state index >= 15 is 0 Å². The number of hydrogen-bond acceptors (Lipinski definition) is 7. The smallest absolute Gasteiger partial charge is 0.240 e. The fourth-order valence-corrected chi connectivity index (χ4v) is 3.67. The lowest BCUT2D eigenvalue weighted by molar-refractivity contribution is -0.135. The number of fused-ring (bicyclic) bond motifs is 1. The molecule has 0 aromatic carbocycles. The summed E-state index contributed by atoms with van der Waals surface area (Å²) in [5.41, 5.74) is 0.731. The third kappa shape index (κ3) is 3.05. The highest BCUT2D eigenvalue weighted by Crippen LogP contribution is 2.21. The molecule has 2 atom stereocenters. The predicted molar refractivity (Wildman–Crippen MR) is 91.4 cm³/mol. The molecule has 2 aromatic rings. The number of piperazine rings is 1. The van der Waals surface area contributed by atoms with Gasteiger partial charge in [-0.3, -0.25) is 9.69 Å². The predicted octanol–water partition coefficient (Wildman–Crippen LogP) is -0.508. The van der Waals surface area contributed by atoms with Crippen LogP contribution in [-0.2, 0) is 9.53 Å². The Morgan fingerprint density at radius 1 is 1.24 bits per heavy atom. The lowest BCUT2D eigenvalue weighted by atomic mass is 10.1. The second-order valence-electron chi connectivity index (χ2n) is 6.69. The quantitative estimate of drug-likeness (QED) is 0.741. The number of aromatic nitrogens is 4. The van der Waals surface area contributed by atoms with E-state index in [1.165, 1.54) is 0 Å². The molecule has 2 fully saturated rings. The van der Waals surface area contributed by atoms with Crippen LogP contribution in [0.5, 0.6) is 0 Å². The van der Waals surface area contributed by atoms with Crippen molar-refractivity contribution >= 4 is 17.4 Å². The molecule has 2 aliphatic rings. The van der Waals surface area contributed by atoms with E-state index in [2.05, 4.69) is 25.1 Å². The minimum atomic E-state index is -0.0667. The van der Waals surface area contributed by atoms with Crippen molar-refractivity contribution in [1.29, 1.82) is 0 Å². The first-order chi connectivity index (χ1) is 12.2. The Balaban J connectivity index is 1.38. The number of nitrogens with zero attached hydrogens (tertiary/aromatic N) is 7. The molecule has 9 heteroatoms. The molecular formula is C16H23N7O2. The number of carbonyl (C=O) groups is 1. The minimum absolute atomic E-state index is 0.0667. The lowest BCUT2D eigenvalue weighted by Gasteiger charge is -2.37. The van der Waals surface area contributed by atoms with Gasteiger partial charge in [-0.1, -0.05) is 0 Å². The van der Waals surface area contributed by atoms with E-state index in [1.54, 1.807) is 18.0 Å². The van der Waals surface area contributed by atoms with Gasteiger partial charge in [-0.15, -0.1) is 15.3 Å². The summed E-state index contributed by atoms with van der Waals surface area (Å²) >= 11 is 0. The summed E-state index contributed by atoms with van der Waals surface area (Å²) in [6.07, 6.45) is 2.53. The Morgan fingerprint density at radius 3 is 2.76 bits per heavy atom. The van der Waals surface area contributed by atoms with Gasteiger partial charge in [0.25, 0.3) is 0 Å². The van der Waals surface area contributed by atoms with Gasteiger partial charge in [0.2, 0.25) is 5.91 Å². The fraction of sp³-hybridized carbons (Fsp3) is 0.625. The van der Waals surface area contributed by atoms with Crippen LogP contribution in [0.2, 0.25) is 0 Å². The average molecular weight is 345 g/mol. The molecule has 9 nitrogen and oxygen atoms in total. The molecule has 4 heterocycles. The molecule has 0 bridgehead atoms. The van der Waals surface area contributed by atoms with E-state index in [1.807, 2.05) is 24.1 Å². The van der Waals surface area contributed by atoms with Gasteiger partial charge in [-0.2, -0.15) is 4.52 Å². The molecule has 2 aromatic heterocycles. The number of rotatable bonds is 3. The largest absolute Gasteiger partial charge is 0.380 e. The Morgan fingerprint density at radius 2 is 2.04 bits per heavy atom. The number of likely N-dealkylation sites (tertiary alicyclic amines) is 1. The van der Waals surface area contributed by atoms with Gasteiger partial charge in [-0.25, -0.2) is 0 Å². The topological polar surface area (TPSA) is 79.1 Å². The van der Waals surface area contributed by atoms with Crippen molar-refractivity contribution in [2.24, 2.45) is 0 Å². The number of likely N-dealkylation sites (N-methyl/N-ethyl adjacent to an activating group) is 1. The molecule has 2 saturated heterocycles. The molecule has 0 unspecified atom stereocenters. The Hall–Kier alpha value is -2.26. The average Bonchev–Trinajstić information content (AvgIpc) is 3.26. The van der Waals surface area contributed by atoms with Crippen LogP contribution in [0.25, 0.3) is 5.65 Å². The summed E-state index contributed by atoms with van der Waals surface area (Å²) < 4.78 is 7.08. The molecule has 25 heavy (non-hydrogen) atoms. The maximum absolute atomic E-state index is 12.8. The molecule has 0 spiro atoms. The van der Waals surface area contributed by atoms with Gasteiger partial charge in [-0.05, 0) is 25.6 Å². The zero-order chi connectivity index (χ0) is 17.4. The van der Waals surface area contributed by atoms with Crippen LogP contribution in [0.1, 0.15) is 6.42 Å². The molecule has 134 valence electrons. The molecule has 0 saturated carbocycles. The number of hydrogen-bond donors (Lipinski definition) is 0. The second kappa shape index (κ2) is 6.57. The van der Waals surface area contributed by atoms with Gasteiger partial charge in [0, 0.05) is 39.8 Å². The van der Waals surface area contributed by atoms with Gasteiger partial charge in [0.1, 0.15) is 12.1 Å². The Kier molecular flexibility index (Phi) is 4.26. The number of amides is 1. The van der Waals surface area contributed by atoms with Crippen LogP contribution in [0.4, 0.5) is 5.82 Å². The van der Waals surface area contributed by atoms with E-state index in [0.717, 1.165) is 37.5 Å². The van der Waals surface area contributed by atoms with Crippen molar-refractivity contribution in [3.63, 3.8) is 0 Å². The minimum Gasteiger partial charge on any atom is -0.380 e. The maximum atomic E-state index is 12.8. The number of methoxy groups -OCH3 is 1. The van der Waals surface area contributed by atoms with Gasteiger partial charge in [0.15, 0.2) is 5.65 Å². The highest BCUT2D eigenvalue weighted by atomic mass is 16.5. The van der Waals surface area contributed by atoms with Crippen molar-refractivity contribution in [2.45, 2.75) is 18.6 Å². The van der Waals surface area contributed by atoms with Crippen molar-refractivity contribution in [3.05, 3.63) is 18.5 Å². The monoisotopic (exact) mass is 345 g/mol. The van der Waals surface area contributed by atoms with E-state index in [0.29, 0.717) is 13.1 Å². The molecule has 0 N–H and O–H groups in total. The van der Waals surface area contributed by atoms with Crippen LogP contribution in [-0.4, -0.2) is 94.5 Å². The first kappa shape index (κ1) is 16.2. The van der Waals surface area contributed by atoms with Crippen LogP contribution in [0.15, 0.2) is 18.5 Å². The summed E-state index contributed by atoms with van der Waals surface area (Å²) in [6, 6.07) is 3.80. The van der Waals surface area contributed by atoms with Crippen LogP contribution in [0.3, 0.4) is 0 Å². The van der Waals surface area contributed by atoms with Crippen molar-refractivity contribution < 1.29 is 9.53 Å². The summed E-state index contributed by atoms with van der Waals surface area (Å²) in [7, 11) is 3.71. The molecule has 1 amide bonds. The highest BCUT2D eigenvalue weighted by molar-refractivity contribution is 5.82. The third-order valence-electron chi connectivity index (χ3n) is 5.19. The van der Waals surface area contributed by atoms with Crippen molar-refractivity contribution in [2.75, 3.05) is 51.8 Å². The summed E-state index contributed by atoms with van der Waals surface area (Å²) in [4.78, 5) is 19.1. The number of ether oxygens (including phenoxy) is 1. The summed E-state index contributed by atoms with van der Waals surface area (Å²) in [5, 5.41) is 12.3. The van der Waals surface area contributed by atoms with E-state index in [4.69, 9.17) is 4.74 Å². The first-order valence-corrected chi connectivity index (χ1v) is 8.59. The lowest BCUT2D eigenvalue weighted by Crippen LogP contribution is -2.53. The zero-order valence-corrected chi connectivity index (χ0v) is 14.6. The van der Waals surface area contributed by atoms with Crippen LogP contribution < -0.4 is 4.90 Å². The van der Waals surface area contributed by atoms with Crippen LogP contribution >= 0.6 is 0 Å².